The molecule has 2 rings (SSSR count). The zero-order chi connectivity index (χ0) is 10.3. The molecule has 1 aromatic carbocycles. The van der Waals surface area contributed by atoms with Gasteiger partial charge in [-0.3, -0.25) is 0 Å². The Balaban J connectivity index is 2.51. The highest BCUT2D eigenvalue weighted by atomic mass is 35.5. The molecule has 1 atom stereocenters. The Bertz CT molecular complexity index is 349. The summed E-state index contributed by atoms with van der Waals surface area (Å²) in [6.45, 7) is 5.19. The van der Waals surface area contributed by atoms with Crippen molar-refractivity contribution in [3.63, 3.8) is 0 Å². The van der Waals surface area contributed by atoms with E-state index in [0.29, 0.717) is 6.04 Å². The zero-order valence-corrected chi connectivity index (χ0v) is 9.25. The Morgan fingerprint density at radius 2 is 2.21 bits per heavy atom. The molecule has 1 heterocycles. The third-order valence-corrected chi connectivity index (χ3v) is 3.03. The lowest BCUT2D eigenvalue weighted by atomic mass is 10.1. The summed E-state index contributed by atoms with van der Waals surface area (Å²) in [6.07, 6.45) is 0. The SMILES string of the molecule is CC(C)N1CC(N)c2cccc(Cl)c21. The Morgan fingerprint density at radius 1 is 1.50 bits per heavy atom. The van der Waals surface area contributed by atoms with Crippen molar-refractivity contribution in [3.05, 3.63) is 28.8 Å². The molecule has 0 fully saturated rings. The van der Waals surface area contributed by atoms with Crippen molar-refractivity contribution in [2.45, 2.75) is 25.9 Å². The quantitative estimate of drug-likeness (QED) is 0.772. The van der Waals surface area contributed by atoms with E-state index in [1.165, 1.54) is 5.56 Å². The molecular weight excluding hydrogens is 196 g/mol. The molecule has 0 saturated heterocycles. The summed E-state index contributed by atoms with van der Waals surface area (Å²) >= 11 is 6.18. The first-order valence-electron chi connectivity index (χ1n) is 4.92. The van der Waals surface area contributed by atoms with Crippen LogP contribution in [0.1, 0.15) is 25.5 Å². The van der Waals surface area contributed by atoms with Crippen molar-refractivity contribution >= 4 is 17.3 Å². The second-order valence-electron chi connectivity index (χ2n) is 4.03. The van der Waals surface area contributed by atoms with Crippen LogP contribution in [-0.2, 0) is 0 Å². The Hall–Kier alpha value is -0.730. The Kier molecular flexibility index (Phi) is 2.41. The maximum absolute atomic E-state index is 6.18. The van der Waals surface area contributed by atoms with Crippen molar-refractivity contribution in [2.24, 2.45) is 5.73 Å². The molecule has 1 unspecified atom stereocenters. The van der Waals surface area contributed by atoms with Crippen LogP contribution in [-0.4, -0.2) is 12.6 Å². The molecule has 0 saturated carbocycles. The largest absolute Gasteiger partial charge is 0.366 e. The molecule has 3 heteroatoms. The first-order chi connectivity index (χ1) is 6.61. The summed E-state index contributed by atoms with van der Waals surface area (Å²) in [7, 11) is 0. The number of nitrogens with two attached hydrogens (primary N) is 1. The van der Waals surface area contributed by atoms with Gasteiger partial charge in [-0.15, -0.1) is 0 Å². The predicted octanol–water partition coefficient (Wildman–Crippen LogP) is 2.57. The van der Waals surface area contributed by atoms with E-state index in [0.717, 1.165) is 17.3 Å². The number of para-hydroxylation sites is 1. The first kappa shape index (κ1) is 9.81. The van der Waals surface area contributed by atoms with Crippen LogP contribution in [0, 0.1) is 0 Å². The third kappa shape index (κ3) is 1.39. The molecule has 1 aromatic rings. The summed E-state index contributed by atoms with van der Waals surface area (Å²) in [5.74, 6) is 0. The van der Waals surface area contributed by atoms with Crippen LogP contribution >= 0.6 is 11.6 Å². The summed E-state index contributed by atoms with van der Waals surface area (Å²) < 4.78 is 0. The van der Waals surface area contributed by atoms with Gasteiger partial charge in [-0.2, -0.15) is 0 Å². The normalized spacial score (nSPS) is 20.4. The Morgan fingerprint density at radius 3 is 2.86 bits per heavy atom. The second-order valence-corrected chi connectivity index (χ2v) is 4.44. The molecule has 1 aliphatic rings. The number of fused-ring (bicyclic) bond motifs is 1. The van der Waals surface area contributed by atoms with Gasteiger partial charge in [-0.1, -0.05) is 23.7 Å². The molecule has 0 aliphatic carbocycles. The van der Waals surface area contributed by atoms with Crippen LogP contribution < -0.4 is 10.6 Å². The van der Waals surface area contributed by atoms with E-state index >= 15 is 0 Å². The smallest absolute Gasteiger partial charge is 0.0643 e. The molecule has 0 aromatic heterocycles. The van der Waals surface area contributed by atoms with Gasteiger partial charge in [-0.25, -0.2) is 0 Å². The molecule has 14 heavy (non-hydrogen) atoms. The summed E-state index contributed by atoms with van der Waals surface area (Å²) in [4.78, 5) is 2.27. The van der Waals surface area contributed by atoms with Crippen LogP contribution in [0.5, 0.6) is 0 Å². The predicted molar refractivity (Wildman–Crippen MR) is 60.9 cm³/mol. The van der Waals surface area contributed by atoms with Crippen LogP contribution in [0.15, 0.2) is 18.2 Å². The van der Waals surface area contributed by atoms with Gasteiger partial charge in [0.2, 0.25) is 0 Å². The molecule has 2 nitrogen and oxygen atoms in total. The lowest BCUT2D eigenvalue weighted by molar-refractivity contribution is 0.657. The number of benzene rings is 1. The maximum atomic E-state index is 6.18. The van der Waals surface area contributed by atoms with E-state index in [1.807, 2.05) is 12.1 Å². The second kappa shape index (κ2) is 3.44. The first-order valence-corrected chi connectivity index (χ1v) is 5.29. The van der Waals surface area contributed by atoms with E-state index in [4.69, 9.17) is 17.3 Å². The van der Waals surface area contributed by atoms with Crippen LogP contribution in [0.4, 0.5) is 5.69 Å². The molecule has 2 N–H and O–H groups in total. The summed E-state index contributed by atoms with van der Waals surface area (Å²) in [6, 6.07) is 6.50. The molecule has 0 bridgehead atoms. The zero-order valence-electron chi connectivity index (χ0n) is 8.50. The monoisotopic (exact) mass is 210 g/mol. The third-order valence-electron chi connectivity index (χ3n) is 2.72. The van der Waals surface area contributed by atoms with E-state index in [-0.39, 0.29) is 6.04 Å². The van der Waals surface area contributed by atoms with E-state index in [2.05, 4.69) is 24.8 Å². The molecular formula is C11H15ClN2. The van der Waals surface area contributed by atoms with Gasteiger partial charge in [0, 0.05) is 18.6 Å². The molecule has 0 radical (unpaired) electrons. The topological polar surface area (TPSA) is 29.3 Å². The molecule has 0 spiro atoms. The van der Waals surface area contributed by atoms with Crippen LogP contribution in [0.2, 0.25) is 5.02 Å². The van der Waals surface area contributed by atoms with E-state index in [9.17, 15) is 0 Å². The maximum Gasteiger partial charge on any atom is 0.0643 e. The molecule has 0 amide bonds. The van der Waals surface area contributed by atoms with Crippen molar-refractivity contribution in [3.8, 4) is 0 Å². The lowest BCUT2D eigenvalue weighted by Crippen LogP contribution is -2.31. The van der Waals surface area contributed by atoms with Crippen molar-refractivity contribution < 1.29 is 0 Å². The minimum Gasteiger partial charge on any atom is -0.366 e. The van der Waals surface area contributed by atoms with Gasteiger partial charge < -0.3 is 10.6 Å². The minimum absolute atomic E-state index is 0.103. The fourth-order valence-corrected chi connectivity index (χ4v) is 2.30. The fraction of sp³-hybridized carbons (Fsp3) is 0.455. The summed E-state index contributed by atoms with van der Waals surface area (Å²) in [5.41, 5.74) is 8.34. The Labute approximate surface area is 89.7 Å². The number of halogens is 1. The van der Waals surface area contributed by atoms with Crippen LogP contribution in [0.3, 0.4) is 0 Å². The van der Waals surface area contributed by atoms with E-state index in [1.54, 1.807) is 0 Å². The number of anilines is 1. The van der Waals surface area contributed by atoms with Gasteiger partial charge in [0.1, 0.15) is 0 Å². The van der Waals surface area contributed by atoms with Gasteiger partial charge in [-0.05, 0) is 25.5 Å². The highest BCUT2D eigenvalue weighted by Gasteiger charge is 2.29. The summed E-state index contributed by atoms with van der Waals surface area (Å²) in [5, 5.41) is 0.809. The highest BCUT2D eigenvalue weighted by molar-refractivity contribution is 6.33. The average molecular weight is 211 g/mol. The fourth-order valence-electron chi connectivity index (χ4n) is 2.00. The van der Waals surface area contributed by atoms with Crippen LogP contribution in [0.25, 0.3) is 0 Å². The van der Waals surface area contributed by atoms with E-state index < -0.39 is 0 Å². The number of hydrogen-bond acceptors (Lipinski definition) is 2. The van der Waals surface area contributed by atoms with Crippen molar-refractivity contribution in [2.75, 3.05) is 11.4 Å². The standard InChI is InChI=1S/C11H15ClN2/c1-7(2)14-6-10(13)8-4-3-5-9(12)11(8)14/h3-5,7,10H,6,13H2,1-2H3. The van der Waals surface area contributed by atoms with Gasteiger partial charge >= 0.3 is 0 Å². The number of rotatable bonds is 1. The van der Waals surface area contributed by atoms with Gasteiger partial charge in [0.15, 0.2) is 0 Å². The average Bonchev–Trinajstić information content (AvgIpc) is 2.46. The number of hydrogen-bond donors (Lipinski definition) is 1. The lowest BCUT2D eigenvalue weighted by Gasteiger charge is -2.24. The molecule has 1 aliphatic heterocycles. The van der Waals surface area contributed by atoms with Crippen molar-refractivity contribution in [1.29, 1.82) is 0 Å². The molecule has 76 valence electrons. The van der Waals surface area contributed by atoms with Gasteiger partial charge in [0.05, 0.1) is 10.7 Å². The highest BCUT2D eigenvalue weighted by Crippen LogP contribution is 2.39. The number of nitrogens with zero attached hydrogens (tertiary/aromatic N) is 1. The van der Waals surface area contributed by atoms with Gasteiger partial charge in [0.25, 0.3) is 0 Å². The van der Waals surface area contributed by atoms with Crippen molar-refractivity contribution in [1.82, 2.24) is 0 Å². The minimum atomic E-state index is 0.103.